The maximum atomic E-state index is 6.09. The van der Waals surface area contributed by atoms with Crippen molar-refractivity contribution >= 4 is 11.6 Å². The third-order valence-corrected chi connectivity index (χ3v) is 2.72. The van der Waals surface area contributed by atoms with Crippen LogP contribution in [0.25, 0.3) is 0 Å². The van der Waals surface area contributed by atoms with Crippen molar-refractivity contribution in [3.05, 3.63) is 41.2 Å². The van der Waals surface area contributed by atoms with E-state index in [1.54, 1.807) is 16.9 Å². The highest BCUT2D eigenvalue weighted by molar-refractivity contribution is 6.32. The van der Waals surface area contributed by atoms with Gasteiger partial charge in [-0.2, -0.15) is 5.10 Å². The molecule has 2 rings (SSSR count). The number of rotatable bonds is 4. The monoisotopic (exact) mass is 251 g/mol. The van der Waals surface area contributed by atoms with Gasteiger partial charge >= 0.3 is 0 Å². The first-order chi connectivity index (χ1) is 8.24. The molecule has 0 aliphatic heterocycles. The van der Waals surface area contributed by atoms with E-state index in [0.29, 0.717) is 23.1 Å². The van der Waals surface area contributed by atoms with Gasteiger partial charge in [0.1, 0.15) is 0 Å². The molecule has 17 heavy (non-hydrogen) atoms. The Balaban J connectivity index is 2.28. The summed E-state index contributed by atoms with van der Waals surface area (Å²) < 4.78 is 7.50. The number of aryl methyl sites for hydroxylation is 1. The molecule has 0 saturated heterocycles. The molecule has 2 aromatic rings. The first-order valence-corrected chi connectivity index (χ1v) is 5.80. The zero-order chi connectivity index (χ0) is 12.3. The molecule has 0 saturated carbocycles. The van der Waals surface area contributed by atoms with Crippen molar-refractivity contribution in [2.75, 3.05) is 0 Å². The van der Waals surface area contributed by atoms with Gasteiger partial charge in [-0.3, -0.25) is 4.68 Å². The number of aromatic nitrogens is 2. The first-order valence-electron chi connectivity index (χ1n) is 5.42. The molecule has 1 aromatic heterocycles. The largest absolute Gasteiger partial charge is 0.452 e. The lowest BCUT2D eigenvalue weighted by molar-refractivity contribution is 0.475. The van der Waals surface area contributed by atoms with Crippen LogP contribution in [-0.2, 0) is 13.1 Å². The average Bonchev–Trinajstić information content (AvgIpc) is 2.79. The average molecular weight is 252 g/mol. The minimum atomic E-state index is 0.387. The van der Waals surface area contributed by atoms with Gasteiger partial charge in [-0.05, 0) is 13.0 Å². The van der Waals surface area contributed by atoms with Crippen molar-refractivity contribution in [1.29, 1.82) is 0 Å². The second kappa shape index (κ2) is 5.21. The van der Waals surface area contributed by atoms with E-state index in [0.717, 1.165) is 12.1 Å². The van der Waals surface area contributed by atoms with Gasteiger partial charge < -0.3 is 10.5 Å². The van der Waals surface area contributed by atoms with Crippen LogP contribution in [0, 0.1) is 0 Å². The number of para-hydroxylation sites is 1. The molecule has 1 aromatic carbocycles. The second-order valence-electron chi connectivity index (χ2n) is 3.57. The number of benzene rings is 1. The lowest BCUT2D eigenvalue weighted by atomic mass is 10.2. The lowest BCUT2D eigenvalue weighted by Gasteiger charge is -2.09. The Kier molecular flexibility index (Phi) is 3.66. The van der Waals surface area contributed by atoms with Gasteiger partial charge in [0.25, 0.3) is 0 Å². The molecule has 0 radical (unpaired) electrons. The van der Waals surface area contributed by atoms with Crippen LogP contribution in [-0.4, -0.2) is 9.78 Å². The molecule has 0 aliphatic rings. The number of nitrogens with zero attached hydrogens (tertiary/aromatic N) is 2. The predicted octanol–water partition coefficient (Wildman–Crippen LogP) is 2.81. The van der Waals surface area contributed by atoms with E-state index in [-0.39, 0.29) is 0 Å². The van der Waals surface area contributed by atoms with Crippen molar-refractivity contribution in [2.24, 2.45) is 5.73 Å². The quantitative estimate of drug-likeness (QED) is 0.909. The highest BCUT2D eigenvalue weighted by Gasteiger charge is 2.09. The minimum absolute atomic E-state index is 0.387. The Morgan fingerprint density at radius 3 is 2.94 bits per heavy atom. The molecule has 5 heteroatoms. The Morgan fingerprint density at radius 1 is 1.47 bits per heavy atom. The molecule has 0 unspecified atom stereocenters. The highest BCUT2D eigenvalue weighted by atomic mass is 35.5. The summed E-state index contributed by atoms with van der Waals surface area (Å²) in [6, 6.07) is 5.53. The Labute approximate surface area is 105 Å². The normalized spacial score (nSPS) is 10.5. The molecule has 0 spiro atoms. The zero-order valence-electron chi connectivity index (χ0n) is 9.56. The van der Waals surface area contributed by atoms with E-state index >= 15 is 0 Å². The summed E-state index contributed by atoms with van der Waals surface area (Å²) in [4.78, 5) is 0. The van der Waals surface area contributed by atoms with Gasteiger partial charge in [0.15, 0.2) is 11.5 Å². The van der Waals surface area contributed by atoms with Crippen LogP contribution in [0.3, 0.4) is 0 Å². The summed E-state index contributed by atoms with van der Waals surface area (Å²) in [5.74, 6) is 1.27. The fourth-order valence-electron chi connectivity index (χ4n) is 1.52. The topological polar surface area (TPSA) is 53.1 Å². The highest BCUT2D eigenvalue weighted by Crippen LogP contribution is 2.32. The Bertz CT molecular complexity index is 510. The number of halogens is 1. The first kappa shape index (κ1) is 12.0. The van der Waals surface area contributed by atoms with Gasteiger partial charge in [-0.1, -0.05) is 23.7 Å². The third-order valence-electron chi connectivity index (χ3n) is 2.42. The summed E-state index contributed by atoms with van der Waals surface area (Å²) in [5.41, 5.74) is 6.52. The molecule has 4 nitrogen and oxygen atoms in total. The van der Waals surface area contributed by atoms with Gasteiger partial charge in [-0.15, -0.1) is 0 Å². The number of nitrogens with two attached hydrogens (primary N) is 1. The predicted molar refractivity (Wildman–Crippen MR) is 67.3 cm³/mol. The van der Waals surface area contributed by atoms with Crippen LogP contribution in [0.4, 0.5) is 0 Å². The van der Waals surface area contributed by atoms with E-state index in [2.05, 4.69) is 5.10 Å². The maximum Gasteiger partial charge on any atom is 0.165 e. The third kappa shape index (κ3) is 2.60. The van der Waals surface area contributed by atoms with Crippen molar-refractivity contribution in [1.82, 2.24) is 9.78 Å². The summed E-state index contributed by atoms with van der Waals surface area (Å²) in [6.07, 6.45) is 3.48. The van der Waals surface area contributed by atoms with E-state index < -0.39 is 0 Å². The molecule has 0 fully saturated rings. The van der Waals surface area contributed by atoms with Crippen LogP contribution in [0.15, 0.2) is 30.6 Å². The van der Waals surface area contributed by atoms with Crippen molar-refractivity contribution in [2.45, 2.75) is 20.0 Å². The van der Waals surface area contributed by atoms with Gasteiger partial charge in [-0.25, -0.2) is 0 Å². The van der Waals surface area contributed by atoms with Crippen molar-refractivity contribution in [3.63, 3.8) is 0 Å². The molecular formula is C12H14ClN3O. The van der Waals surface area contributed by atoms with E-state index in [4.69, 9.17) is 22.1 Å². The molecule has 0 atom stereocenters. The fourth-order valence-corrected chi connectivity index (χ4v) is 1.75. The van der Waals surface area contributed by atoms with Gasteiger partial charge in [0, 0.05) is 18.7 Å². The van der Waals surface area contributed by atoms with Crippen LogP contribution >= 0.6 is 11.6 Å². The minimum Gasteiger partial charge on any atom is -0.452 e. The summed E-state index contributed by atoms with van der Waals surface area (Å²) in [6.45, 7) is 3.20. The molecule has 1 heterocycles. The Hall–Kier alpha value is -1.52. The van der Waals surface area contributed by atoms with Crippen LogP contribution < -0.4 is 10.5 Å². The molecule has 0 bridgehead atoms. The van der Waals surface area contributed by atoms with Gasteiger partial charge in [0.2, 0.25) is 0 Å². The second-order valence-corrected chi connectivity index (χ2v) is 3.97. The maximum absolute atomic E-state index is 6.09. The Morgan fingerprint density at radius 2 is 2.29 bits per heavy atom. The summed E-state index contributed by atoms with van der Waals surface area (Å²) >= 11 is 6.09. The molecule has 2 N–H and O–H groups in total. The molecule has 0 amide bonds. The SMILES string of the molecule is CCn1cc(Oc2c(Cl)cccc2CN)cn1. The van der Waals surface area contributed by atoms with Crippen molar-refractivity contribution in [3.8, 4) is 11.5 Å². The standard InChI is InChI=1S/C12H14ClN3O/c1-2-16-8-10(7-15-16)17-12-9(6-14)4-3-5-11(12)13/h3-5,7-8H,2,6,14H2,1H3. The van der Waals surface area contributed by atoms with E-state index in [1.165, 1.54) is 0 Å². The van der Waals surface area contributed by atoms with E-state index in [9.17, 15) is 0 Å². The number of hydrogen-bond acceptors (Lipinski definition) is 3. The zero-order valence-corrected chi connectivity index (χ0v) is 10.3. The smallest absolute Gasteiger partial charge is 0.165 e. The molecule has 90 valence electrons. The van der Waals surface area contributed by atoms with Crippen LogP contribution in [0.2, 0.25) is 5.02 Å². The summed E-state index contributed by atoms with van der Waals surface area (Å²) in [5, 5.41) is 4.69. The lowest BCUT2D eigenvalue weighted by Crippen LogP contribution is -1.99. The summed E-state index contributed by atoms with van der Waals surface area (Å²) in [7, 11) is 0. The van der Waals surface area contributed by atoms with Crippen molar-refractivity contribution < 1.29 is 4.74 Å². The van der Waals surface area contributed by atoms with Gasteiger partial charge in [0.05, 0.1) is 17.4 Å². The number of hydrogen-bond donors (Lipinski definition) is 1. The molecule has 0 aliphatic carbocycles. The van der Waals surface area contributed by atoms with Crippen LogP contribution in [0.5, 0.6) is 11.5 Å². The van der Waals surface area contributed by atoms with E-state index in [1.807, 2.05) is 25.3 Å². The van der Waals surface area contributed by atoms with Crippen LogP contribution in [0.1, 0.15) is 12.5 Å². The fraction of sp³-hybridized carbons (Fsp3) is 0.250. The molecular weight excluding hydrogens is 238 g/mol. The number of ether oxygens (including phenoxy) is 1.